The predicted molar refractivity (Wildman–Crippen MR) is 104 cm³/mol. The van der Waals surface area contributed by atoms with Crippen LogP contribution in [-0.2, 0) is 12.7 Å². The second-order valence-corrected chi connectivity index (χ2v) is 6.23. The van der Waals surface area contributed by atoms with Crippen molar-refractivity contribution in [1.82, 2.24) is 4.98 Å². The molecule has 3 rings (SSSR count). The third-order valence-corrected chi connectivity index (χ3v) is 4.31. The van der Waals surface area contributed by atoms with Crippen LogP contribution < -0.4 is 15.8 Å². The van der Waals surface area contributed by atoms with Gasteiger partial charge in [-0.15, -0.1) is 0 Å². The van der Waals surface area contributed by atoms with E-state index in [2.05, 4.69) is 10.3 Å². The van der Waals surface area contributed by atoms with Gasteiger partial charge < -0.3 is 15.8 Å². The molecule has 0 saturated carbocycles. The zero-order valence-electron chi connectivity index (χ0n) is 15.5. The Balaban J connectivity index is 2.00. The molecule has 0 radical (unpaired) electrons. The summed E-state index contributed by atoms with van der Waals surface area (Å²) >= 11 is 0. The summed E-state index contributed by atoms with van der Waals surface area (Å²) in [6, 6.07) is 13.1. The number of para-hydroxylation sites is 1. The van der Waals surface area contributed by atoms with Crippen LogP contribution in [0.4, 0.5) is 18.9 Å². The van der Waals surface area contributed by atoms with Crippen molar-refractivity contribution in [3.8, 4) is 17.0 Å². The van der Waals surface area contributed by atoms with E-state index in [1.165, 1.54) is 19.2 Å². The summed E-state index contributed by atoms with van der Waals surface area (Å²) in [7, 11) is 1.50. The molecule has 0 aliphatic carbocycles. The van der Waals surface area contributed by atoms with Gasteiger partial charge in [-0.2, -0.15) is 13.2 Å². The van der Waals surface area contributed by atoms with Gasteiger partial charge in [-0.05, 0) is 29.3 Å². The summed E-state index contributed by atoms with van der Waals surface area (Å²) in [5.74, 6) is -0.231. The molecule has 1 aromatic heterocycles. The highest BCUT2D eigenvalue weighted by Gasteiger charge is 2.30. The van der Waals surface area contributed by atoms with Gasteiger partial charge in [0.2, 0.25) is 5.88 Å². The number of anilines is 1. The van der Waals surface area contributed by atoms with Gasteiger partial charge in [0.25, 0.3) is 5.91 Å². The van der Waals surface area contributed by atoms with E-state index in [-0.39, 0.29) is 12.1 Å². The second kappa shape index (κ2) is 8.22. The number of ether oxygens (including phenoxy) is 1. The summed E-state index contributed by atoms with van der Waals surface area (Å²) < 4.78 is 44.4. The Morgan fingerprint density at radius 1 is 1.14 bits per heavy atom. The number of hydrogen-bond acceptors (Lipinski definition) is 4. The lowest BCUT2D eigenvalue weighted by atomic mass is 9.97. The highest BCUT2D eigenvalue weighted by atomic mass is 19.4. The Kier molecular flexibility index (Phi) is 5.72. The van der Waals surface area contributed by atoms with E-state index in [0.717, 1.165) is 17.7 Å². The molecule has 0 fully saturated rings. The van der Waals surface area contributed by atoms with Gasteiger partial charge in [0, 0.05) is 24.4 Å². The summed E-state index contributed by atoms with van der Waals surface area (Å²) in [5, 5.41) is 3.11. The van der Waals surface area contributed by atoms with E-state index in [0.29, 0.717) is 22.7 Å². The Labute approximate surface area is 165 Å². The maximum absolute atomic E-state index is 13.1. The van der Waals surface area contributed by atoms with Crippen molar-refractivity contribution >= 4 is 11.6 Å². The average Bonchev–Trinajstić information content (AvgIpc) is 2.71. The Morgan fingerprint density at radius 2 is 1.90 bits per heavy atom. The van der Waals surface area contributed by atoms with Crippen LogP contribution >= 0.6 is 0 Å². The SMILES string of the molecule is COc1ccc(CNc2c(C(N)=O)cccc2-c2cccc(C(F)(F)F)c2)cn1. The summed E-state index contributed by atoms with van der Waals surface area (Å²) in [4.78, 5) is 16.0. The monoisotopic (exact) mass is 401 g/mol. The van der Waals surface area contributed by atoms with Crippen molar-refractivity contribution < 1.29 is 22.7 Å². The number of halogens is 3. The Hall–Kier alpha value is -3.55. The van der Waals surface area contributed by atoms with Crippen LogP contribution in [0.15, 0.2) is 60.8 Å². The molecule has 0 bridgehead atoms. The lowest BCUT2D eigenvalue weighted by molar-refractivity contribution is -0.137. The second-order valence-electron chi connectivity index (χ2n) is 6.23. The number of carbonyl (C=O) groups excluding carboxylic acids is 1. The molecule has 29 heavy (non-hydrogen) atoms. The molecular formula is C21H18F3N3O2. The van der Waals surface area contributed by atoms with Crippen LogP contribution in [0.25, 0.3) is 11.1 Å². The first-order valence-corrected chi connectivity index (χ1v) is 8.63. The van der Waals surface area contributed by atoms with Gasteiger partial charge in [-0.3, -0.25) is 4.79 Å². The van der Waals surface area contributed by atoms with E-state index >= 15 is 0 Å². The summed E-state index contributed by atoms with van der Waals surface area (Å²) in [6.45, 7) is 0.285. The Bertz CT molecular complexity index is 1020. The molecule has 1 amide bonds. The quantitative estimate of drug-likeness (QED) is 0.638. The van der Waals surface area contributed by atoms with Gasteiger partial charge in [-0.25, -0.2) is 4.98 Å². The zero-order valence-corrected chi connectivity index (χ0v) is 15.5. The van der Waals surface area contributed by atoms with Crippen molar-refractivity contribution in [2.45, 2.75) is 12.7 Å². The number of nitrogens with one attached hydrogen (secondary N) is 1. The molecule has 150 valence electrons. The first kappa shape index (κ1) is 20.2. The lowest BCUT2D eigenvalue weighted by Gasteiger charge is -2.17. The average molecular weight is 401 g/mol. The van der Waals surface area contributed by atoms with E-state index in [9.17, 15) is 18.0 Å². The zero-order chi connectivity index (χ0) is 21.0. The van der Waals surface area contributed by atoms with Crippen LogP contribution in [0, 0.1) is 0 Å². The van der Waals surface area contributed by atoms with Gasteiger partial charge in [-0.1, -0.05) is 30.3 Å². The van der Waals surface area contributed by atoms with E-state index < -0.39 is 17.6 Å². The summed E-state index contributed by atoms with van der Waals surface area (Å²) in [6.07, 6.45) is -2.87. The number of hydrogen-bond donors (Lipinski definition) is 2. The van der Waals surface area contributed by atoms with Crippen molar-refractivity contribution in [1.29, 1.82) is 0 Å². The number of methoxy groups -OCH3 is 1. The number of nitrogens with two attached hydrogens (primary N) is 1. The molecule has 2 aromatic carbocycles. The standard InChI is InChI=1S/C21H18F3N3O2/c1-29-18-9-8-13(11-26-18)12-27-19-16(6-3-7-17(19)20(25)28)14-4-2-5-15(10-14)21(22,23)24/h2-11,27H,12H2,1H3,(H2,25,28). The van der Waals surface area contributed by atoms with Crippen LogP contribution in [0.3, 0.4) is 0 Å². The molecule has 3 aromatic rings. The smallest absolute Gasteiger partial charge is 0.416 e. The van der Waals surface area contributed by atoms with Crippen molar-refractivity contribution in [2.75, 3.05) is 12.4 Å². The van der Waals surface area contributed by atoms with Gasteiger partial charge in [0.05, 0.1) is 23.9 Å². The van der Waals surface area contributed by atoms with E-state index in [1.54, 1.807) is 36.5 Å². The minimum absolute atomic E-state index is 0.182. The molecule has 0 atom stereocenters. The first-order valence-electron chi connectivity index (χ1n) is 8.63. The minimum atomic E-state index is -4.47. The first-order chi connectivity index (χ1) is 13.8. The predicted octanol–water partition coefficient (Wildman–Crippen LogP) is 4.49. The van der Waals surface area contributed by atoms with Crippen LogP contribution in [0.1, 0.15) is 21.5 Å². The highest BCUT2D eigenvalue weighted by Crippen LogP contribution is 2.36. The fourth-order valence-corrected chi connectivity index (χ4v) is 2.88. The topological polar surface area (TPSA) is 77.2 Å². The largest absolute Gasteiger partial charge is 0.481 e. The number of primary amides is 1. The molecule has 0 unspecified atom stereocenters. The third kappa shape index (κ3) is 4.66. The van der Waals surface area contributed by atoms with Crippen LogP contribution in [-0.4, -0.2) is 18.0 Å². The van der Waals surface area contributed by atoms with Gasteiger partial charge in [0.1, 0.15) is 0 Å². The molecule has 3 N–H and O–H groups in total. The number of aromatic nitrogens is 1. The number of nitrogens with zero attached hydrogens (tertiary/aromatic N) is 1. The van der Waals surface area contributed by atoms with Crippen molar-refractivity contribution in [3.05, 3.63) is 77.5 Å². The number of alkyl halides is 3. The molecular weight excluding hydrogens is 383 g/mol. The number of pyridine rings is 1. The number of amides is 1. The number of rotatable bonds is 6. The maximum atomic E-state index is 13.1. The van der Waals surface area contributed by atoms with Gasteiger partial charge >= 0.3 is 6.18 Å². The van der Waals surface area contributed by atoms with Crippen LogP contribution in [0.2, 0.25) is 0 Å². The van der Waals surface area contributed by atoms with Gasteiger partial charge in [0.15, 0.2) is 0 Å². The normalized spacial score (nSPS) is 11.2. The molecule has 5 nitrogen and oxygen atoms in total. The lowest BCUT2D eigenvalue weighted by Crippen LogP contribution is -2.15. The highest BCUT2D eigenvalue weighted by molar-refractivity contribution is 6.02. The molecule has 0 saturated heterocycles. The van der Waals surface area contributed by atoms with E-state index in [4.69, 9.17) is 10.5 Å². The van der Waals surface area contributed by atoms with Crippen molar-refractivity contribution in [3.63, 3.8) is 0 Å². The summed E-state index contributed by atoms with van der Waals surface area (Å²) in [5.41, 5.74) is 6.79. The number of carbonyl (C=O) groups is 1. The molecule has 8 heteroatoms. The molecule has 0 aliphatic rings. The van der Waals surface area contributed by atoms with Crippen molar-refractivity contribution in [2.24, 2.45) is 5.73 Å². The Morgan fingerprint density at radius 3 is 2.52 bits per heavy atom. The molecule has 1 heterocycles. The molecule has 0 aliphatic heterocycles. The van der Waals surface area contributed by atoms with Crippen LogP contribution in [0.5, 0.6) is 5.88 Å². The third-order valence-electron chi connectivity index (χ3n) is 4.31. The fourth-order valence-electron chi connectivity index (χ4n) is 2.88. The van der Waals surface area contributed by atoms with E-state index in [1.807, 2.05) is 0 Å². The minimum Gasteiger partial charge on any atom is -0.481 e. The fraction of sp³-hybridized carbons (Fsp3) is 0.143. The molecule has 0 spiro atoms. The maximum Gasteiger partial charge on any atom is 0.416 e. The number of benzene rings is 2.